The first-order chi connectivity index (χ1) is 13.1. The van der Waals surface area contributed by atoms with Gasteiger partial charge in [0.2, 0.25) is 0 Å². The van der Waals surface area contributed by atoms with Crippen LogP contribution in [0.2, 0.25) is 0 Å². The Hall–Kier alpha value is -0.590. The first kappa shape index (κ1) is 27.4. The fraction of sp³-hybridized carbons (Fsp3) is 0.833. The van der Waals surface area contributed by atoms with Gasteiger partial charge in [0.05, 0.1) is 13.2 Å². The minimum Gasteiger partial charge on any atom is -0.382 e. The summed E-state index contributed by atoms with van der Waals surface area (Å²) in [5.41, 5.74) is 0. The lowest BCUT2D eigenvalue weighted by molar-refractivity contribution is 0.0698. The maximum absolute atomic E-state index is 5.44. The van der Waals surface area contributed by atoms with Crippen LogP contribution in [-0.4, -0.2) is 74.0 Å². The van der Waals surface area contributed by atoms with Crippen LogP contribution in [0.4, 0.5) is 0 Å². The molecule has 2 N–H and O–H groups in total. The van der Waals surface area contributed by atoms with Crippen molar-refractivity contribution in [3.8, 4) is 0 Å². The van der Waals surface area contributed by atoms with E-state index in [0.717, 1.165) is 62.4 Å². The van der Waals surface area contributed by atoms with Crippen LogP contribution in [0.1, 0.15) is 32.5 Å². The fourth-order valence-electron chi connectivity index (χ4n) is 2.50. The minimum atomic E-state index is 0. The molecule has 0 unspecified atom stereocenters. The number of aryl methyl sites for hydroxylation is 1. The van der Waals surface area contributed by atoms with Crippen molar-refractivity contribution in [1.82, 2.24) is 25.4 Å². The number of rotatable bonds is 14. The average Bonchev–Trinajstić information content (AvgIpc) is 3.03. The highest BCUT2D eigenvalue weighted by Gasteiger charge is 2.12. The molecule has 0 saturated carbocycles. The van der Waals surface area contributed by atoms with Gasteiger partial charge in [0, 0.05) is 46.8 Å². The molecular formula is C18H37IN6O2S. The third-order valence-electron chi connectivity index (χ3n) is 3.81. The molecule has 0 saturated heterocycles. The second-order valence-electron chi connectivity index (χ2n) is 6.60. The third kappa shape index (κ3) is 11.4. The van der Waals surface area contributed by atoms with Gasteiger partial charge in [-0.1, -0.05) is 25.6 Å². The van der Waals surface area contributed by atoms with E-state index in [2.05, 4.69) is 44.2 Å². The van der Waals surface area contributed by atoms with E-state index in [1.165, 1.54) is 0 Å². The van der Waals surface area contributed by atoms with E-state index < -0.39 is 0 Å². The predicted molar refractivity (Wildman–Crippen MR) is 127 cm³/mol. The zero-order chi connectivity index (χ0) is 19.9. The fourth-order valence-corrected chi connectivity index (χ4v) is 3.03. The van der Waals surface area contributed by atoms with Crippen LogP contribution in [0.15, 0.2) is 10.1 Å². The molecule has 1 heterocycles. The Labute approximate surface area is 191 Å². The van der Waals surface area contributed by atoms with E-state index in [1.807, 2.05) is 6.26 Å². The highest BCUT2D eigenvalue weighted by Crippen LogP contribution is 2.16. The van der Waals surface area contributed by atoms with Gasteiger partial charge >= 0.3 is 0 Å². The molecule has 1 aromatic rings. The summed E-state index contributed by atoms with van der Waals surface area (Å²) in [7, 11) is 3.46. The van der Waals surface area contributed by atoms with Gasteiger partial charge in [-0.3, -0.25) is 4.99 Å². The first-order valence-corrected chi connectivity index (χ1v) is 10.8. The smallest absolute Gasteiger partial charge is 0.190 e. The second-order valence-corrected chi connectivity index (χ2v) is 7.37. The summed E-state index contributed by atoms with van der Waals surface area (Å²) in [4.78, 5) is 4.25. The lowest BCUT2D eigenvalue weighted by Crippen LogP contribution is -2.38. The monoisotopic (exact) mass is 528 g/mol. The Morgan fingerprint density at radius 2 is 1.86 bits per heavy atom. The molecule has 0 amide bonds. The van der Waals surface area contributed by atoms with Crippen molar-refractivity contribution in [2.45, 2.75) is 44.8 Å². The quantitative estimate of drug-likeness (QED) is 0.126. The van der Waals surface area contributed by atoms with Gasteiger partial charge in [0.1, 0.15) is 5.82 Å². The van der Waals surface area contributed by atoms with Crippen molar-refractivity contribution in [3.05, 3.63) is 5.82 Å². The normalized spacial score (nSPS) is 11.6. The van der Waals surface area contributed by atoms with Crippen LogP contribution in [-0.2, 0) is 22.4 Å². The lowest BCUT2D eigenvalue weighted by Gasteiger charge is -2.13. The number of halogens is 1. The highest BCUT2D eigenvalue weighted by molar-refractivity contribution is 14.0. The molecule has 0 aromatic carbocycles. The summed E-state index contributed by atoms with van der Waals surface area (Å²) < 4.78 is 12.6. The molecule has 1 rings (SSSR count). The van der Waals surface area contributed by atoms with Crippen LogP contribution >= 0.6 is 35.7 Å². The number of aromatic nitrogens is 3. The van der Waals surface area contributed by atoms with Gasteiger partial charge in [-0.2, -0.15) is 0 Å². The van der Waals surface area contributed by atoms with Crippen molar-refractivity contribution in [2.75, 3.05) is 53.3 Å². The largest absolute Gasteiger partial charge is 0.382 e. The molecule has 0 bridgehead atoms. The Morgan fingerprint density at radius 1 is 1.14 bits per heavy atom. The third-order valence-corrected chi connectivity index (χ3v) is 4.47. The van der Waals surface area contributed by atoms with Gasteiger partial charge in [-0.05, 0) is 25.0 Å². The molecule has 8 nitrogen and oxygen atoms in total. The SMILES string of the molecule is CN=C(NCCCOCCOC)NCCCc1nnc(SC)n1CC(C)C.I. The average molecular weight is 529 g/mol. The van der Waals surface area contributed by atoms with Gasteiger partial charge in [-0.25, -0.2) is 0 Å². The molecule has 28 heavy (non-hydrogen) atoms. The van der Waals surface area contributed by atoms with Crippen LogP contribution in [0.5, 0.6) is 0 Å². The van der Waals surface area contributed by atoms with E-state index in [4.69, 9.17) is 9.47 Å². The number of thioether (sulfide) groups is 1. The van der Waals surface area contributed by atoms with E-state index in [-0.39, 0.29) is 24.0 Å². The molecule has 0 atom stereocenters. The van der Waals surface area contributed by atoms with Gasteiger partial charge in [0.15, 0.2) is 11.1 Å². The summed E-state index contributed by atoms with van der Waals surface area (Å²) in [6.07, 6.45) is 4.85. The maximum Gasteiger partial charge on any atom is 0.190 e. The summed E-state index contributed by atoms with van der Waals surface area (Å²) in [6, 6.07) is 0. The molecule has 10 heteroatoms. The zero-order valence-electron chi connectivity index (χ0n) is 17.9. The summed E-state index contributed by atoms with van der Waals surface area (Å²) >= 11 is 1.65. The van der Waals surface area contributed by atoms with Crippen LogP contribution < -0.4 is 10.6 Å². The molecule has 0 aliphatic carbocycles. The van der Waals surface area contributed by atoms with Gasteiger partial charge < -0.3 is 24.7 Å². The highest BCUT2D eigenvalue weighted by atomic mass is 127. The maximum atomic E-state index is 5.44. The number of hydrogen-bond acceptors (Lipinski definition) is 6. The molecule has 1 aromatic heterocycles. The standard InChI is InChI=1S/C18H36N6O2S.HI/c1-15(2)14-24-16(22-23-18(24)27-5)8-6-9-20-17(19-3)21-10-7-11-26-13-12-25-4;/h15H,6-14H2,1-5H3,(H2,19,20,21);1H. The number of guanidine groups is 1. The number of nitrogens with zero attached hydrogens (tertiary/aromatic N) is 4. The Balaban J connectivity index is 0.00000729. The number of aliphatic imine (C=N–C) groups is 1. The van der Waals surface area contributed by atoms with Crippen molar-refractivity contribution in [1.29, 1.82) is 0 Å². The van der Waals surface area contributed by atoms with E-state index in [9.17, 15) is 0 Å². The zero-order valence-corrected chi connectivity index (χ0v) is 21.0. The number of hydrogen-bond donors (Lipinski definition) is 2. The molecule has 0 fully saturated rings. The molecule has 0 radical (unpaired) electrons. The molecule has 0 aliphatic heterocycles. The first-order valence-electron chi connectivity index (χ1n) is 9.59. The molecule has 0 aliphatic rings. The van der Waals surface area contributed by atoms with Gasteiger partial charge in [-0.15, -0.1) is 34.2 Å². The van der Waals surface area contributed by atoms with Crippen LogP contribution in [0, 0.1) is 5.92 Å². The number of methoxy groups -OCH3 is 1. The molecular weight excluding hydrogens is 491 g/mol. The summed E-state index contributed by atoms with van der Waals surface area (Å²) in [5.74, 6) is 2.46. The number of nitrogens with one attached hydrogen (secondary N) is 2. The Bertz CT molecular complexity index is 542. The second kappa shape index (κ2) is 17.3. The van der Waals surface area contributed by atoms with Crippen LogP contribution in [0.25, 0.3) is 0 Å². The summed E-state index contributed by atoms with van der Waals surface area (Å²) in [5, 5.41) is 16.3. The molecule has 0 spiro atoms. The van der Waals surface area contributed by atoms with E-state index in [1.54, 1.807) is 25.9 Å². The van der Waals surface area contributed by atoms with Crippen molar-refractivity contribution >= 4 is 41.7 Å². The predicted octanol–water partition coefficient (Wildman–Crippen LogP) is 2.42. The van der Waals surface area contributed by atoms with Crippen molar-refractivity contribution < 1.29 is 9.47 Å². The van der Waals surface area contributed by atoms with Crippen molar-refractivity contribution in [2.24, 2.45) is 10.9 Å². The topological polar surface area (TPSA) is 85.6 Å². The molecule has 164 valence electrons. The Morgan fingerprint density at radius 3 is 2.46 bits per heavy atom. The Kier molecular flexibility index (Phi) is 16.9. The van der Waals surface area contributed by atoms with E-state index >= 15 is 0 Å². The number of ether oxygens (including phenoxy) is 2. The van der Waals surface area contributed by atoms with E-state index in [0.29, 0.717) is 19.1 Å². The minimum absolute atomic E-state index is 0. The lowest BCUT2D eigenvalue weighted by atomic mass is 10.2. The summed E-state index contributed by atoms with van der Waals surface area (Å²) in [6.45, 7) is 9.06. The van der Waals surface area contributed by atoms with Crippen molar-refractivity contribution in [3.63, 3.8) is 0 Å². The van der Waals surface area contributed by atoms with Gasteiger partial charge in [0.25, 0.3) is 0 Å². The van der Waals surface area contributed by atoms with Crippen LogP contribution in [0.3, 0.4) is 0 Å².